The molecule has 0 saturated heterocycles. The molecule has 0 heterocycles. The van der Waals surface area contributed by atoms with Crippen LogP contribution in [0.1, 0.15) is 30.5 Å². The van der Waals surface area contributed by atoms with Crippen molar-refractivity contribution in [3.05, 3.63) is 28.8 Å². The van der Waals surface area contributed by atoms with Crippen molar-refractivity contribution in [1.29, 1.82) is 0 Å². The lowest BCUT2D eigenvalue weighted by atomic mass is 9.99. The Bertz CT molecular complexity index is 516. The third-order valence-corrected chi connectivity index (χ3v) is 2.45. The van der Waals surface area contributed by atoms with Gasteiger partial charge < -0.3 is 4.74 Å². The molecule has 1 rings (SSSR count). The second kappa shape index (κ2) is 5.34. The van der Waals surface area contributed by atoms with Crippen molar-refractivity contribution >= 4 is 5.97 Å². The number of carbonyl (C=O) groups excluding carboxylic acids is 1. The van der Waals surface area contributed by atoms with Gasteiger partial charge in [0.05, 0.1) is 11.1 Å². The molecule has 112 valence electrons. The number of carbonyl (C=O) groups is 1. The molecule has 2 nitrogen and oxygen atoms in total. The van der Waals surface area contributed by atoms with Crippen molar-refractivity contribution in [2.24, 2.45) is 0 Å². The van der Waals surface area contributed by atoms with Crippen molar-refractivity contribution in [2.75, 3.05) is 0 Å². The predicted octanol–water partition coefficient (Wildman–Crippen LogP) is 4.21. The van der Waals surface area contributed by atoms with Gasteiger partial charge in [0.15, 0.2) is 0 Å². The van der Waals surface area contributed by atoms with E-state index in [4.69, 9.17) is 0 Å². The fraction of sp³-hybridized carbons (Fsp3) is 0.417. The highest BCUT2D eigenvalue weighted by molar-refractivity contribution is 5.70. The number of hydrogen-bond acceptors (Lipinski definition) is 2. The van der Waals surface area contributed by atoms with Gasteiger partial charge in [-0.2, -0.15) is 26.3 Å². The molecule has 20 heavy (non-hydrogen) atoms. The highest BCUT2D eigenvalue weighted by Crippen LogP contribution is 2.41. The molecule has 0 aliphatic heterocycles. The lowest BCUT2D eigenvalue weighted by Gasteiger charge is -2.18. The van der Waals surface area contributed by atoms with E-state index in [0.717, 1.165) is 6.92 Å². The van der Waals surface area contributed by atoms with Crippen LogP contribution in [0.5, 0.6) is 5.75 Å². The number of halogens is 6. The summed E-state index contributed by atoms with van der Waals surface area (Å²) in [4.78, 5) is 10.8. The number of hydrogen-bond donors (Lipinski definition) is 0. The highest BCUT2D eigenvalue weighted by atomic mass is 19.4. The largest absolute Gasteiger partial charge is 0.426 e. The smallest absolute Gasteiger partial charge is 0.416 e. The minimum absolute atomic E-state index is 0.0197. The minimum Gasteiger partial charge on any atom is -0.426 e. The molecular weight excluding hydrogens is 290 g/mol. The van der Waals surface area contributed by atoms with Crippen LogP contribution in [-0.2, 0) is 23.6 Å². The average Bonchev–Trinajstić information content (AvgIpc) is 2.24. The number of esters is 1. The zero-order chi connectivity index (χ0) is 15.7. The van der Waals surface area contributed by atoms with Crippen molar-refractivity contribution in [3.63, 3.8) is 0 Å². The van der Waals surface area contributed by atoms with Crippen molar-refractivity contribution in [1.82, 2.24) is 0 Å². The van der Waals surface area contributed by atoms with Crippen LogP contribution in [0.15, 0.2) is 12.1 Å². The zero-order valence-corrected chi connectivity index (χ0v) is 10.4. The van der Waals surface area contributed by atoms with Gasteiger partial charge in [-0.1, -0.05) is 6.92 Å². The summed E-state index contributed by atoms with van der Waals surface area (Å²) in [7, 11) is 0. The van der Waals surface area contributed by atoms with Crippen LogP contribution in [0.4, 0.5) is 26.3 Å². The Morgan fingerprint density at radius 3 is 2.00 bits per heavy atom. The van der Waals surface area contributed by atoms with Crippen molar-refractivity contribution in [3.8, 4) is 5.75 Å². The maximum Gasteiger partial charge on any atom is 0.416 e. The van der Waals surface area contributed by atoms with Crippen molar-refractivity contribution in [2.45, 2.75) is 32.6 Å². The van der Waals surface area contributed by atoms with E-state index in [0.29, 0.717) is 6.07 Å². The molecule has 0 N–H and O–H groups in total. The summed E-state index contributed by atoms with van der Waals surface area (Å²) in [5.41, 5.74) is -3.45. The van der Waals surface area contributed by atoms with E-state index in [1.165, 1.54) is 6.92 Å². The number of benzene rings is 1. The molecule has 0 aliphatic rings. The third-order valence-electron chi connectivity index (χ3n) is 2.45. The molecular formula is C12H10F6O2. The van der Waals surface area contributed by atoms with Crippen LogP contribution in [0.25, 0.3) is 0 Å². The number of ether oxygens (including phenoxy) is 1. The first-order valence-electron chi connectivity index (χ1n) is 5.46. The third kappa shape index (κ3) is 3.64. The summed E-state index contributed by atoms with van der Waals surface area (Å²) in [5.74, 6) is -1.71. The minimum atomic E-state index is -4.97. The molecule has 0 aliphatic carbocycles. The molecule has 0 bridgehead atoms. The summed E-state index contributed by atoms with van der Waals surface area (Å²) < 4.78 is 80.7. The van der Waals surface area contributed by atoms with Gasteiger partial charge in [0.1, 0.15) is 5.75 Å². The Labute approximate surface area is 110 Å². The quantitative estimate of drug-likeness (QED) is 0.464. The first-order valence-corrected chi connectivity index (χ1v) is 5.46. The van der Waals surface area contributed by atoms with Gasteiger partial charge in [0.2, 0.25) is 0 Å². The average molecular weight is 300 g/mol. The predicted molar refractivity (Wildman–Crippen MR) is 57.1 cm³/mol. The fourth-order valence-electron chi connectivity index (χ4n) is 1.67. The van der Waals surface area contributed by atoms with Gasteiger partial charge in [0.25, 0.3) is 0 Å². The molecule has 0 atom stereocenters. The van der Waals surface area contributed by atoms with E-state index in [1.54, 1.807) is 0 Å². The zero-order valence-electron chi connectivity index (χ0n) is 10.4. The molecule has 1 aromatic rings. The summed E-state index contributed by atoms with van der Waals surface area (Å²) >= 11 is 0. The lowest BCUT2D eigenvalue weighted by Crippen LogP contribution is -2.16. The van der Waals surface area contributed by atoms with Crippen LogP contribution < -0.4 is 4.74 Å². The molecule has 0 fully saturated rings. The van der Waals surface area contributed by atoms with Gasteiger partial charge in [-0.25, -0.2) is 0 Å². The lowest BCUT2D eigenvalue weighted by molar-refractivity contribution is -0.144. The van der Waals surface area contributed by atoms with Crippen LogP contribution in [-0.4, -0.2) is 5.97 Å². The van der Waals surface area contributed by atoms with Gasteiger partial charge in [-0.15, -0.1) is 0 Å². The highest BCUT2D eigenvalue weighted by Gasteiger charge is 2.39. The van der Waals surface area contributed by atoms with E-state index in [2.05, 4.69) is 4.74 Å². The van der Waals surface area contributed by atoms with Gasteiger partial charge in [-0.05, 0) is 18.6 Å². The maximum atomic E-state index is 12.8. The Hall–Kier alpha value is -1.73. The topological polar surface area (TPSA) is 26.3 Å². The Kier molecular flexibility index (Phi) is 4.36. The molecule has 0 saturated carbocycles. The maximum absolute atomic E-state index is 12.8. The van der Waals surface area contributed by atoms with E-state index >= 15 is 0 Å². The van der Waals surface area contributed by atoms with Gasteiger partial charge >= 0.3 is 18.3 Å². The first-order chi connectivity index (χ1) is 8.96. The monoisotopic (exact) mass is 300 g/mol. The standard InChI is InChI=1S/C12H10F6O2/c1-3-8-9(12(16,17)18)4-7(11(13,14)15)5-10(8)20-6(2)19/h4-5H,3H2,1-2H3. The number of rotatable bonds is 2. The van der Waals surface area contributed by atoms with E-state index in [-0.39, 0.29) is 12.5 Å². The van der Waals surface area contributed by atoms with Gasteiger partial charge in [0, 0.05) is 12.5 Å². The number of alkyl halides is 6. The molecule has 0 aromatic heterocycles. The molecule has 1 aromatic carbocycles. The molecule has 0 amide bonds. The first kappa shape index (κ1) is 16.3. The Morgan fingerprint density at radius 2 is 1.65 bits per heavy atom. The fourth-order valence-corrected chi connectivity index (χ4v) is 1.67. The van der Waals surface area contributed by atoms with E-state index < -0.39 is 40.8 Å². The second-order valence-electron chi connectivity index (χ2n) is 3.94. The van der Waals surface area contributed by atoms with Crippen molar-refractivity contribution < 1.29 is 35.9 Å². The summed E-state index contributed by atoms with van der Waals surface area (Å²) in [6.07, 6.45) is -10.2. The van der Waals surface area contributed by atoms with E-state index in [1.807, 2.05) is 0 Å². The van der Waals surface area contributed by atoms with Gasteiger partial charge in [-0.3, -0.25) is 4.79 Å². The summed E-state index contributed by atoms with van der Waals surface area (Å²) in [6, 6.07) is 0.418. The second-order valence-corrected chi connectivity index (χ2v) is 3.94. The Morgan fingerprint density at radius 1 is 1.10 bits per heavy atom. The van der Waals surface area contributed by atoms with E-state index in [9.17, 15) is 31.1 Å². The molecule has 0 spiro atoms. The normalized spacial score (nSPS) is 12.4. The van der Waals surface area contributed by atoms with Crippen LogP contribution in [0.2, 0.25) is 0 Å². The summed E-state index contributed by atoms with van der Waals surface area (Å²) in [5, 5.41) is 0. The molecule has 8 heteroatoms. The molecule has 0 unspecified atom stereocenters. The van der Waals surface area contributed by atoms with Crippen LogP contribution in [0.3, 0.4) is 0 Å². The Balaban J connectivity index is 3.60. The summed E-state index contributed by atoms with van der Waals surface area (Å²) in [6.45, 7) is 2.22. The molecule has 0 radical (unpaired) electrons. The van der Waals surface area contributed by atoms with Crippen LogP contribution in [0, 0.1) is 0 Å². The SMILES string of the molecule is CCc1c(OC(C)=O)cc(C(F)(F)F)cc1C(F)(F)F. The van der Waals surface area contributed by atoms with Crippen LogP contribution >= 0.6 is 0 Å².